The molecule has 3 amide bonds. The van der Waals surface area contributed by atoms with E-state index in [4.69, 9.17) is 4.74 Å². The molecule has 1 aromatic rings. The van der Waals surface area contributed by atoms with Crippen molar-refractivity contribution in [1.82, 2.24) is 15.1 Å². The van der Waals surface area contributed by atoms with Crippen molar-refractivity contribution in [2.75, 3.05) is 19.6 Å². The van der Waals surface area contributed by atoms with Crippen LogP contribution >= 0.6 is 0 Å². The van der Waals surface area contributed by atoms with Gasteiger partial charge < -0.3 is 9.64 Å². The van der Waals surface area contributed by atoms with Crippen molar-refractivity contribution in [2.24, 2.45) is 0 Å². The predicted octanol–water partition coefficient (Wildman–Crippen LogP) is 1.70. The van der Waals surface area contributed by atoms with Crippen molar-refractivity contribution < 1.29 is 19.1 Å². The fourth-order valence-corrected chi connectivity index (χ4v) is 4.38. The van der Waals surface area contributed by atoms with E-state index in [-0.39, 0.29) is 30.2 Å². The Balaban J connectivity index is 1.46. The van der Waals surface area contributed by atoms with Gasteiger partial charge in [-0.25, -0.2) is 0 Å². The lowest BCUT2D eigenvalue weighted by Gasteiger charge is -2.29. The smallest absolute Gasteiger partial charge is 0.255 e. The maximum Gasteiger partial charge on any atom is 0.255 e. The summed E-state index contributed by atoms with van der Waals surface area (Å²) in [5.41, 5.74) is 1.50. The number of fused-ring (bicyclic) bond motifs is 1. The lowest BCUT2D eigenvalue weighted by molar-refractivity contribution is -0.136. The zero-order chi connectivity index (χ0) is 19.7. The number of benzene rings is 1. The van der Waals surface area contributed by atoms with Gasteiger partial charge in [0.25, 0.3) is 5.91 Å². The summed E-state index contributed by atoms with van der Waals surface area (Å²) in [5, 5.41) is 2.33. The summed E-state index contributed by atoms with van der Waals surface area (Å²) in [6.07, 6.45) is 4.20. The molecule has 7 nitrogen and oxygen atoms in total. The van der Waals surface area contributed by atoms with Gasteiger partial charge in [0, 0.05) is 25.1 Å². The van der Waals surface area contributed by atoms with Crippen LogP contribution < -0.4 is 10.1 Å². The molecule has 1 N–H and O–H groups in total. The van der Waals surface area contributed by atoms with Crippen molar-refractivity contribution >= 4 is 17.7 Å². The molecule has 2 fully saturated rings. The number of rotatable bonds is 4. The average molecular weight is 385 g/mol. The number of nitrogens with zero attached hydrogens (tertiary/aromatic N) is 2. The minimum Gasteiger partial charge on any atom is -0.489 e. The van der Waals surface area contributed by atoms with Gasteiger partial charge in [0.1, 0.15) is 17.9 Å². The maximum absolute atomic E-state index is 12.8. The third-order valence-corrected chi connectivity index (χ3v) is 5.96. The number of piperidine rings is 1. The van der Waals surface area contributed by atoms with E-state index in [9.17, 15) is 14.4 Å². The highest BCUT2D eigenvalue weighted by Crippen LogP contribution is 2.31. The molecule has 150 valence electrons. The first-order valence-electron chi connectivity index (χ1n) is 10.2. The van der Waals surface area contributed by atoms with E-state index in [1.165, 1.54) is 6.42 Å². The Labute approximate surface area is 165 Å². The van der Waals surface area contributed by atoms with E-state index in [0.717, 1.165) is 43.8 Å². The minimum absolute atomic E-state index is 0.150. The Morgan fingerprint density at radius 3 is 2.82 bits per heavy atom. The minimum atomic E-state index is -0.582. The van der Waals surface area contributed by atoms with Crippen LogP contribution in [0.4, 0.5) is 0 Å². The number of hydrogen-bond donors (Lipinski definition) is 1. The normalized spacial score (nSPS) is 26.0. The number of likely N-dealkylation sites (N-methyl/N-ethyl adjacent to an activating group) is 1. The van der Waals surface area contributed by atoms with E-state index in [1.807, 2.05) is 12.1 Å². The summed E-state index contributed by atoms with van der Waals surface area (Å²) in [6, 6.07) is 5.00. The number of carbonyl (C=O) groups excluding carboxylic acids is 3. The second-order valence-electron chi connectivity index (χ2n) is 7.85. The summed E-state index contributed by atoms with van der Waals surface area (Å²) >= 11 is 0. The molecule has 2 saturated heterocycles. The number of imide groups is 1. The van der Waals surface area contributed by atoms with E-state index in [2.05, 4.69) is 17.1 Å². The van der Waals surface area contributed by atoms with Crippen LogP contribution in [0.2, 0.25) is 0 Å². The van der Waals surface area contributed by atoms with Gasteiger partial charge in [0.05, 0.1) is 0 Å². The highest BCUT2D eigenvalue weighted by atomic mass is 16.5. The quantitative estimate of drug-likeness (QED) is 0.798. The van der Waals surface area contributed by atoms with Crippen molar-refractivity contribution in [2.45, 2.75) is 57.7 Å². The molecule has 28 heavy (non-hydrogen) atoms. The number of amides is 3. The Kier molecular flexibility index (Phi) is 5.35. The molecule has 7 heteroatoms. The van der Waals surface area contributed by atoms with Gasteiger partial charge in [0.15, 0.2) is 0 Å². The van der Waals surface area contributed by atoms with E-state index >= 15 is 0 Å². The number of likely N-dealkylation sites (tertiary alicyclic amines) is 1. The van der Waals surface area contributed by atoms with Gasteiger partial charge >= 0.3 is 0 Å². The standard InChI is InChI=1S/C21H27N3O4/c1-2-23-10-4-3-5-16(13-23)28-15-6-7-17-14(11-15)12-24(21(17)27)18-8-9-19(25)22-20(18)26/h6-7,11,16,18H,2-5,8-10,12-13H2,1H3,(H,22,25,26). The lowest BCUT2D eigenvalue weighted by Crippen LogP contribution is -2.52. The highest BCUT2D eigenvalue weighted by Gasteiger charge is 2.39. The topological polar surface area (TPSA) is 79.0 Å². The molecule has 0 spiro atoms. The third-order valence-electron chi connectivity index (χ3n) is 5.96. The van der Waals surface area contributed by atoms with Gasteiger partial charge in [0.2, 0.25) is 11.8 Å². The molecule has 0 saturated carbocycles. The summed E-state index contributed by atoms with van der Waals surface area (Å²) in [4.78, 5) is 40.3. The number of nitrogens with one attached hydrogen (secondary N) is 1. The zero-order valence-corrected chi connectivity index (χ0v) is 16.3. The van der Waals surface area contributed by atoms with Crippen LogP contribution in [0, 0.1) is 0 Å². The summed E-state index contributed by atoms with van der Waals surface area (Å²) in [6.45, 7) is 5.63. The van der Waals surface area contributed by atoms with Gasteiger partial charge in [-0.2, -0.15) is 0 Å². The monoisotopic (exact) mass is 385 g/mol. The molecule has 4 rings (SSSR count). The van der Waals surface area contributed by atoms with Gasteiger partial charge in [-0.3, -0.25) is 24.6 Å². The molecule has 3 aliphatic heterocycles. The molecular formula is C21H27N3O4. The predicted molar refractivity (Wildman–Crippen MR) is 103 cm³/mol. The van der Waals surface area contributed by atoms with Crippen LogP contribution in [0.15, 0.2) is 18.2 Å². The Bertz CT molecular complexity index is 794. The Hall–Kier alpha value is -2.41. The van der Waals surface area contributed by atoms with Crippen LogP contribution in [0.5, 0.6) is 5.75 Å². The van der Waals surface area contributed by atoms with Crippen LogP contribution in [-0.2, 0) is 16.1 Å². The maximum atomic E-state index is 12.8. The van der Waals surface area contributed by atoms with Crippen molar-refractivity contribution in [1.29, 1.82) is 0 Å². The Morgan fingerprint density at radius 1 is 1.18 bits per heavy atom. The largest absolute Gasteiger partial charge is 0.489 e. The fraction of sp³-hybridized carbons (Fsp3) is 0.571. The number of ether oxygens (including phenoxy) is 1. The molecule has 3 aliphatic rings. The van der Waals surface area contributed by atoms with Crippen molar-refractivity contribution in [3.05, 3.63) is 29.3 Å². The van der Waals surface area contributed by atoms with Crippen LogP contribution in [0.25, 0.3) is 0 Å². The molecule has 2 atom stereocenters. The second kappa shape index (κ2) is 7.91. The molecule has 0 aromatic heterocycles. The van der Waals surface area contributed by atoms with Crippen molar-refractivity contribution in [3.63, 3.8) is 0 Å². The summed E-state index contributed by atoms with van der Waals surface area (Å²) in [7, 11) is 0. The zero-order valence-electron chi connectivity index (χ0n) is 16.3. The van der Waals surface area contributed by atoms with Gasteiger partial charge in [-0.05, 0) is 62.5 Å². The number of carbonyl (C=O) groups is 3. The molecule has 0 radical (unpaired) electrons. The van der Waals surface area contributed by atoms with E-state index < -0.39 is 6.04 Å². The molecule has 2 unspecified atom stereocenters. The van der Waals surface area contributed by atoms with Gasteiger partial charge in [-0.1, -0.05) is 6.92 Å². The highest BCUT2D eigenvalue weighted by molar-refractivity contribution is 6.05. The SMILES string of the molecule is CCN1CCCCC(Oc2ccc3c(c2)CN(C2CCC(=O)NC2=O)C3=O)C1. The fourth-order valence-electron chi connectivity index (χ4n) is 4.38. The molecular weight excluding hydrogens is 358 g/mol. The first kappa shape index (κ1) is 18.9. The first-order valence-corrected chi connectivity index (χ1v) is 10.2. The molecule has 3 heterocycles. The molecule has 0 bridgehead atoms. The second-order valence-corrected chi connectivity index (χ2v) is 7.85. The van der Waals surface area contributed by atoms with E-state index in [0.29, 0.717) is 18.5 Å². The summed E-state index contributed by atoms with van der Waals surface area (Å²) in [5.74, 6) is -0.0279. The third kappa shape index (κ3) is 3.76. The summed E-state index contributed by atoms with van der Waals surface area (Å²) < 4.78 is 6.25. The number of hydrogen-bond acceptors (Lipinski definition) is 5. The lowest BCUT2D eigenvalue weighted by atomic mass is 10.0. The van der Waals surface area contributed by atoms with Crippen molar-refractivity contribution in [3.8, 4) is 5.75 Å². The van der Waals surface area contributed by atoms with Crippen LogP contribution in [0.1, 0.15) is 54.9 Å². The van der Waals surface area contributed by atoms with E-state index in [1.54, 1.807) is 11.0 Å². The van der Waals surface area contributed by atoms with Crippen LogP contribution in [0.3, 0.4) is 0 Å². The Morgan fingerprint density at radius 2 is 2.04 bits per heavy atom. The van der Waals surface area contributed by atoms with Crippen LogP contribution in [-0.4, -0.2) is 59.3 Å². The molecule has 0 aliphatic carbocycles. The van der Waals surface area contributed by atoms with Gasteiger partial charge in [-0.15, -0.1) is 0 Å². The average Bonchev–Trinajstić information content (AvgIpc) is 2.85. The molecule has 1 aromatic carbocycles. The first-order chi connectivity index (χ1) is 13.5.